The molecule has 0 spiro atoms. The number of fused-ring (bicyclic) bond motifs is 1. The van der Waals surface area contributed by atoms with Gasteiger partial charge in [0.05, 0.1) is 11.5 Å². The Morgan fingerprint density at radius 2 is 1.96 bits per heavy atom. The summed E-state index contributed by atoms with van der Waals surface area (Å²) in [5, 5.41) is 14.3. The maximum absolute atomic E-state index is 13.8. The van der Waals surface area contributed by atoms with Crippen molar-refractivity contribution in [1.82, 2.24) is 5.01 Å². The minimum Gasteiger partial charge on any atom is -0.362 e. The van der Waals surface area contributed by atoms with Gasteiger partial charge in [0.15, 0.2) is 0 Å². The molecule has 1 aromatic carbocycles. The van der Waals surface area contributed by atoms with E-state index in [1.807, 2.05) is 0 Å². The predicted octanol–water partition coefficient (Wildman–Crippen LogP) is 3.47. The summed E-state index contributed by atoms with van der Waals surface area (Å²) in [5.41, 5.74) is -3.84. The zero-order valence-corrected chi connectivity index (χ0v) is 12.7. The third kappa shape index (κ3) is 2.49. The lowest BCUT2D eigenvalue weighted by molar-refractivity contribution is -0.312. The van der Waals surface area contributed by atoms with Crippen LogP contribution in [0, 0.1) is 11.7 Å². The smallest absolute Gasteiger partial charge is 0.362 e. The van der Waals surface area contributed by atoms with Crippen molar-refractivity contribution >= 4 is 11.6 Å². The molecular weight excluding hydrogens is 328 g/mol. The molecule has 1 aromatic rings. The molecule has 1 aliphatic heterocycles. The molecule has 24 heavy (non-hydrogen) atoms. The second-order valence-corrected chi connectivity index (χ2v) is 6.06. The fraction of sp³-hybridized carbons (Fsp3) is 0.500. The van der Waals surface area contributed by atoms with Crippen molar-refractivity contribution in [2.24, 2.45) is 11.0 Å². The molecule has 2 aliphatic rings. The molecule has 3 rings (SSSR count). The molecule has 8 heteroatoms. The molecule has 0 bridgehead atoms. The van der Waals surface area contributed by atoms with Gasteiger partial charge in [0, 0.05) is 5.71 Å². The SMILES string of the molecule is O=C(c1ccccc1F)N1N=C2CCCCC[C@H]2[C@]1(O)C(F)(F)F. The molecule has 1 amide bonds. The fourth-order valence-corrected chi connectivity index (χ4v) is 3.34. The van der Waals surface area contributed by atoms with Gasteiger partial charge in [-0.05, 0) is 31.4 Å². The quantitative estimate of drug-likeness (QED) is 0.793. The van der Waals surface area contributed by atoms with E-state index < -0.39 is 35.1 Å². The van der Waals surface area contributed by atoms with Gasteiger partial charge in [0.25, 0.3) is 11.6 Å². The largest absolute Gasteiger partial charge is 0.439 e. The van der Waals surface area contributed by atoms with Crippen LogP contribution in [0.1, 0.15) is 42.5 Å². The van der Waals surface area contributed by atoms with Gasteiger partial charge >= 0.3 is 6.18 Å². The maximum Gasteiger partial charge on any atom is 0.439 e. The van der Waals surface area contributed by atoms with Crippen molar-refractivity contribution in [2.45, 2.75) is 44.0 Å². The number of nitrogens with zero attached hydrogens (tertiary/aromatic N) is 2. The number of hydrazone groups is 1. The van der Waals surface area contributed by atoms with E-state index in [-0.39, 0.29) is 23.6 Å². The lowest BCUT2D eigenvalue weighted by Gasteiger charge is -2.37. The highest BCUT2D eigenvalue weighted by Gasteiger charge is 2.68. The van der Waals surface area contributed by atoms with E-state index in [1.165, 1.54) is 12.1 Å². The Labute approximate surface area is 135 Å². The van der Waals surface area contributed by atoms with Gasteiger partial charge in [-0.1, -0.05) is 25.0 Å². The minimum atomic E-state index is -5.10. The van der Waals surface area contributed by atoms with E-state index in [4.69, 9.17) is 0 Å². The Bertz CT molecular complexity index is 689. The molecular formula is C16H16F4N2O2. The van der Waals surface area contributed by atoms with E-state index in [1.54, 1.807) is 0 Å². The molecule has 1 saturated carbocycles. The summed E-state index contributed by atoms with van der Waals surface area (Å²) in [6, 6.07) is 4.70. The lowest BCUT2D eigenvalue weighted by atomic mass is 9.87. The average Bonchev–Trinajstić information content (AvgIpc) is 2.68. The number of carbonyl (C=O) groups excluding carboxylic acids is 1. The van der Waals surface area contributed by atoms with Gasteiger partial charge in [-0.15, -0.1) is 0 Å². The Morgan fingerprint density at radius 1 is 1.25 bits per heavy atom. The van der Waals surface area contributed by atoms with E-state index in [0.29, 0.717) is 12.8 Å². The van der Waals surface area contributed by atoms with Crippen LogP contribution in [-0.2, 0) is 0 Å². The maximum atomic E-state index is 13.8. The third-order valence-corrected chi connectivity index (χ3v) is 4.58. The van der Waals surface area contributed by atoms with Gasteiger partial charge in [-0.2, -0.15) is 23.3 Å². The molecule has 130 valence electrons. The lowest BCUT2D eigenvalue weighted by Crippen LogP contribution is -2.61. The summed E-state index contributed by atoms with van der Waals surface area (Å²) in [4.78, 5) is 12.5. The highest BCUT2D eigenvalue weighted by atomic mass is 19.4. The second-order valence-electron chi connectivity index (χ2n) is 6.06. The van der Waals surface area contributed by atoms with Gasteiger partial charge in [-0.25, -0.2) is 4.39 Å². The van der Waals surface area contributed by atoms with Crippen molar-refractivity contribution in [3.05, 3.63) is 35.6 Å². The van der Waals surface area contributed by atoms with Crippen molar-refractivity contribution in [2.75, 3.05) is 0 Å². The summed E-state index contributed by atoms with van der Waals surface area (Å²) >= 11 is 0. The fourth-order valence-electron chi connectivity index (χ4n) is 3.34. The van der Waals surface area contributed by atoms with Crippen LogP contribution in [0.3, 0.4) is 0 Å². The first kappa shape index (κ1) is 16.9. The number of amides is 1. The molecule has 0 unspecified atom stereocenters. The van der Waals surface area contributed by atoms with E-state index in [9.17, 15) is 27.5 Å². The standard InChI is InChI=1S/C16H16F4N2O2/c17-12-8-5-4-6-10(12)14(23)22-15(24,16(18,19)20)11-7-2-1-3-9-13(11)21-22/h4-6,8,11,24H,1-3,7,9H2/t11-,15+/m1/s1. The number of carbonyl (C=O) groups is 1. The minimum absolute atomic E-state index is 0.0245. The summed E-state index contributed by atoms with van der Waals surface area (Å²) in [5.74, 6) is -3.57. The third-order valence-electron chi connectivity index (χ3n) is 4.58. The second kappa shape index (κ2) is 5.84. The first-order valence-electron chi connectivity index (χ1n) is 7.72. The molecule has 0 radical (unpaired) electrons. The number of aliphatic hydroxyl groups is 1. The topological polar surface area (TPSA) is 52.9 Å². The molecule has 0 saturated heterocycles. The first-order chi connectivity index (χ1) is 11.3. The summed E-state index contributed by atoms with van der Waals surface area (Å²) in [7, 11) is 0. The average molecular weight is 344 g/mol. The number of rotatable bonds is 1. The van der Waals surface area contributed by atoms with Crippen molar-refractivity contribution in [1.29, 1.82) is 0 Å². The van der Waals surface area contributed by atoms with Crippen LogP contribution in [0.25, 0.3) is 0 Å². The zero-order valence-electron chi connectivity index (χ0n) is 12.7. The molecule has 2 atom stereocenters. The Kier molecular flexibility index (Phi) is 4.11. The summed E-state index contributed by atoms with van der Waals surface area (Å²) in [6.45, 7) is 0. The molecule has 1 aliphatic carbocycles. The first-order valence-corrected chi connectivity index (χ1v) is 7.72. The Morgan fingerprint density at radius 3 is 2.62 bits per heavy atom. The highest BCUT2D eigenvalue weighted by Crippen LogP contribution is 2.48. The molecule has 0 aromatic heterocycles. The van der Waals surface area contributed by atoms with Crippen molar-refractivity contribution in [3.63, 3.8) is 0 Å². The van der Waals surface area contributed by atoms with Crippen LogP contribution in [-0.4, -0.2) is 33.6 Å². The van der Waals surface area contributed by atoms with E-state index in [0.717, 1.165) is 18.6 Å². The number of hydrogen-bond acceptors (Lipinski definition) is 3. The summed E-state index contributed by atoms with van der Waals surface area (Å²) < 4.78 is 54.8. The molecule has 1 fully saturated rings. The van der Waals surface area contributed by atoms with Crippen LogP contribution < -0.4 is 0 Å². The Hall–Kier alpha value is -1.96. The molecule has 1 heterocycles. The number of halogens is 4. The van der Waals surface area contributed by atoms with Crippen molar-refractivity contribution in [3.8, 4) is 0 Å². The van der Waals surface area contributed by atoms with Crippen LogP contribution >= 0.6 is 0 Å². The van der Waals surface area contributed by atoms with Gasteiger partial charge < -0.3 is 5.11 Å². The number of benzene rings is 1. The van der Waals surface area contributed by atoms with Crippen LogP contribution in [0.5, 0.6) is 0 Å². The summed E-state index contributed by atoms with van der Waals surface area (Å²) in [6.07, 6.45) is -2.85. The number of alkyl halides is 3. The monoisotopic (exact) mass is 344 g/mol. The van der Waals surface area contributed by atoms with Crippen molar-refractivity contribution < 1.29 is 27.5 Å². The van der Waals surface area contributed by atoms with Gasteiger partial charge in [-0.3, -0.25) is 4.79 Å². The van der Waals surface area contributed by atoms with Gasteiger partial charge in [0.2, 0.25) is 0 Å². The van der Waals surface area contributed by atoms with Gasteiger partial charge in [0.1, 0.15) is 5.82 Å². The van der Waals surface area contributed by atoms with E-state index in [2.05, 4.69) is 5.10 Å². The van der Waals surface area contributed by atoms with Crippen LogP contribution in [0.2, 0.25) is 0 Å². The highest BCUT2D eigenvalue weighted by molar-refractivity contribution is 5.99. The molecule has 1 N–H and O–H groups in total. The predicted molar refractivity (Wildman–Crippen MR) is 77.6 cm³/mol. The normalized spacial score (nSPS) is 27.5. The molecule has 4 nitrogen and oxygen atoms in total. The number of hydrogen-bond donors (Lipinski definition) is 1. The Balaban J connectivity index is 2.07. The van der Waals surface area contributed by atoms with Crippen LogP contribution in [0.4, 0.5) is 17.6 Å². The van der Waals surface area contributed by atoms with Crippen LogP contribution in [0.15, 0.2) is 29.4 Å². The zero-order chi connectivity index (χ0) is 17.5. The van der Waals surface area contributed by atoms with E-state index >= 15 is 0 Å².